The van der Waals surface area contributed by atoms with Crippen LogP contribution >= 0.6 is 0 Å². The van der Waals surface area contributed by atoms with Crippen molar-refractivity contribution in [3.63, 3.8) is 0 Å². The molecule has 0 saturated heterocycles. The number of halogens is 3. The molecule has 0 aliphatic carbocycles. The lowest BCUT2D eigenvalue weighted by molar-refractivity contribution is 0.590. The Morgan fingerprint density at radius 3 is 2.08 bits per heavy atom. The maximum atomic E-state index is 13.6. The number of aromatic nitrogens is 1. The van der Waals surface area contributed by atoms with Crippen molar-refractivity contribution in [1.82, 2.24) is 4.98 Å². The van der Waals surface area contributed by atoms with Crippen LogP contribution in [0.15, 0.2) is 65.7 Å². The summed E-state index contributed by atoms with van der Waals surface area (Å²) in [5, 5.41) is 2.54. The molecule has 0 bridgehead atoms. The third kappa shape index (κ3) is 3.94. The molecule has 9 heteroatoms. The van der Waals surface area contributed by atoms with E-state index in [2.05, 4.69) is 15.0 Å². The number of nitrogens with one attached hydrogen (secondary N) is 2. The first-order chi connectivity index (χ1) is 12.3. The van der Waals surface area contributed by atoms with Gasteiger partial charge in [-0.3, -0.25) is 4.72 Å². The van der Waals surface area contributed by atoms with E-state index >= 15 is 0 Å². The van der Waals surface area contributed by atoms with Crippen molar-refractivity contribution in [3.8, 4) is 0 Å². The molecule has 3 rings (SSSR count). The topological polar surface area (TPSA) is 71.1 Å². The second-order valence-electron chi connectivity index (χ2n) is 5.21. The standard InChI is InChI=1S/C17H12F3N3O2S/c18-11-4-7-13(8-5-11)26(24,25)23-16-9-6-12(10-21-16)22-17-14(19)2-1-3-15(17)20/h1-10,22H,(H,21,23). The van der Waals surface area contributed by atoms with Crippen LogP contribution in [0.25, 0.3) is 0 Å². The van der Waals surface area contributed by atoms with Gasteiger partial charge in [0.05, 0.1) is 16.8 Å². The first-order valence-corrected chi connectivity index (χ1v) is 8.79. The predicted molar refractivity (Wildman–Crippen MR) is 91.1 cm³/mol. The van der Waals surface area contributed by atoms with Gasteiger partial charge in [-0.1, -0.05) is 6.07 Å². The molecule has 0 unspecified atom stereocenters. The summed E-state index contributed by atoms with van der Waals surface area (Å²) >= 11 is 0. The van der Waals surface area contributed by atoms with E-state index in [1.165, 1.54) is 24.4 Å². The monoisotopic (exact) mass is 379 g/mol. The summed E-state index contributed by atoms with van der Waals surface area (Å²) < 4.78 is 66.7. The number of sulfonamides is 1. The molecule has 2 N–H and O–H groups in total. The Morgan fingerprint density at radius 2 is 1.50 bits per heavy atom. The van der Waals surface area contributed by atoms with E-state index in [9.17, 15) is 21.6 Å². The summed E-state index contributed by atoms with van der Waals surface area (Å²) in [6, 6.07) is 10.5. The summed E-state index contributed by atoms with van der Waals surface area (Å²) in [7, 11) is -3.93. The molecule has 0 fully saturated rings. The molecule has 0 spiro atoms. The zero-order valence-electron chi connectivity index (χ0n) is 13.1. The number of benzene rings is 2. The predicted octanol–water partition coefficient (Wildman–Crippen LogP) is 4.04. The Labute approximate surface area is 147 Å². The van der Waals surface area contributed by atoms with Crippen LogP contribution in [0.2, 0.25) is 0 Å². The van der Waals surface area contributed by atoms with Gasteiger partial charge in [-0.25, -0.2) is 26.6 Å². The average molecular weight is 379 g/mol. The van der Waals surface area contributed by atoms with Crippen LogP contribution in [0.1, 0.15) is 0 Å². The largest absolute Gasteiger partial charge is 0.349 e. The fourth-order valence-electron chi connectivity index (χ4n) is 2.10. The number of pyridine rings is 1. The highest BCUT2D eigenvalue weighted by Gasteiger charge is 2.15. The van der Waals surface area contributed by atoms with E-state index in [1.807, 2.05) is 0 Å². The van der Waals surface area contributed by atoms with Gasteiger partial charge in [0.1, 0.15) is 29.0 Å². The molecule has 5 nitrogen and oxygen atoms in total. The van der Waals surface area contributed by atoms with E-state index in [0.29, 0.717) is 0 Å². The van der Waals surface area contributed by atoms with Gasteiger partial charge in [-0.05, 0) is 48.5 Å². The highest BCUT2D eigenvalue weighted by Crippen LogP contribution is 2.23. The number of nitrogens with zero attached hydrogens (tertiary/aromatic N) is 1. The molecular weight excluding hydrogens is 367 g/mol. The van der Waals surface area contributed by atoms with Gasteiger partial charge in [-0.15, -0.1) is 0 Å². The minimum absolute atomic E-state index is 0.00567. The number of anilines is 3. The summed E-state index contributed by atoms with van der Waals surface area (Å²) in [5.74, 6) is -2.11. The third-order valence-corrected chi connectivity index (χ3v) is 4.73. The van der Waals surface area contributed by atoms with Crippen LogP contribution in [0.3, 0.4) is 0 Å². The zero-order valence-corrected chi connectivity index (χ0v) is 13.9. The normalized spacial score (nSPS) is 11.2. The molecule has 1 heterocycles. The minimum Gasteiger partial charge on any atom is -0.349 e. The van der Waals surface area contributed by atoms with Crippen molar-refractivity contribution in [2.45, 2.75) is 4.90 Å². The molecule has 0 aliphatic heterocycles. The van der Waals surface area contributed by atoms with Crippen LogP contribution < -0.4 is 10.0 Å². The molecular formula is C17H12F3N3O2S. The third-order valence-electron chi connectivity index (χ3n) is 3.36. The highest BCUT2D eigenvalue weighted by molar-refractivity contribution is 7.92. The van der Waals surface area contributed by atoms with E-state index in [-0.39, 0.29) is 22.1 Å². The number of rotatable bonds is 5. The molecule has 0 aliphatic rings. The second kappa shape index (κ2) is 7.04. The molecule has 134 valence electrons. The highest BCUT2D eigenvalue weighted by atomic mass is 32.2. The lowest BCUT2D eigenvalue weighted by Gasteiger charge is -2.10. The maximum Gasteiger partial charge on any atom is 0.263 e. The Morgan fingerprint density at radius 1 is 0.846 bits per heavy atom. The van der Waals surface area contributed by atoms with Gasteiger partial charge in [0, 0.05) is 0 Å². The van der Waals surface area contributed by atoms with Crippen LogP contribution in [0.5, 0.6) is 0 Å². The number of hydrogen-bond acceptors (Lipinski definition) is 4. The quantitative estimate of drug-likeness (QED) is 0.702. The Balaban J connectivity index is 1.76. The van der Waals surface area contributed by atoms with Gasteiger partial charge in [0.15, 0.2) is 0 Å². The van der Waals surface area contributed by atoms with E-state index in [1.54, 1.807) is 0 Å². The average Bonchev–Trinajstić information content (AvgIpc) is 2.60. The summed E-state index contributed by atoms with van der Waals surface area (Å²) in [6.07, 6.45) is 1.22. The van der Waals surface area contributed by atoms with Gasteiger partial charge in [0.25, 0.3) is 10.0 Å². The van der Waals surface area contributed by atoms with Crippen molar-refractivity contribution in [2.75, 3.05) is 10.0 Å². The fraction of sp³-hybridized carbons (Fsp3) is 0. The van der Waals surface area contributed by atoms with Crippen molar-refractivity contribution >= 4 is 27.2 Å². The van der Waals surface area contributed by atoms with Gasteiger partial charge in [0.2, 0.25) is 0 Å². The molecule has 3 aromatic rings. The maximum absolute atomic E-state index is 13.6. The van der Waals surface area contributed by atoms with Gasteiger partial charge < -0.3 is 5.32 Å². The molecule has 0 saturated carbocycles. The molecule has 26 heavy (non-hydrogen) atoms. The van der Waals surface area contributed by atoms with Crippen LogP contribution in [0, 0.1) is 17.5 Å². The zero-order chi connectivity index (χ0) is 18.7. The first-order valence-electron chi connectivity index (χ1n) is 7.31. The molecule has 0 radical (unpaired) electrons. The van der Waals surface area contributed by atoms with Crippen molar-refractivity contribution in [1.29, 1.82) is 0 Å². The van der Waals surface area contributed by atoms with Gasteiger partial charge >= 0.3 is 0 Å². The van der Waals surface area contributed by atoms with Crippen molar-refractivity contribution in [3.05, 3.63) is 78.2 Å². The van der Waals surface area contributed by atoms with Crippen molar-refractivity contribution < 1.29 is 21.6 Å². The Bertz CT molecular complexity index is 1000. The molecule has 0 atom stereocenters. The van der Waals surface area contributed by atoms with E-state index in [0.717, 1.165) is 36.4 Å². The van der Waals surface area contributed by atoms with E-state index in [4.69, 9.17) is 0 Å². The van der Waals surface area contributed by atoms with Gasteiger partial charge in [-0.2, -0.15) is 0 Å². The van der Waals surface area contributed by atoms with Crippen LogP contribution in [-0.4, -0.2) is 13.4 Å². The lowest BCUT2D eigenvalue weighted by Crippen LogP contribution is -2.13. The number of para-hydroxylation sites is 1. The lowest BCUT2D eigenvalue weighted by atomic mass is 10.2. The summed E-state index contributed by atoms with van der Waals surface area (Å²) in [5.41, 5.74) is -0.0762. The first kappa shape index (κ1) is 17.7. The smallest absolute Gasteiger partial charge is 0.263 e. The Hall–Kier alpha value is -3.07. The summed E-state index contributed by atoms with van der Waals surface area (Å²) in [6.45, 7) is 0. The molecule has 1 aromatic heterocycles. The fourth-order valence-corrected chi connectivity index (χ4v) is 3.11. The minimum atomic E-state index is -3.93. The SMILES string of the molecule is O=S(=O)(Nc1ccc(Nc2c(F)cccc2F)cn1)c1ccc(F)cc1. The van der Waals surface area contributed by atoms with Crippen molar-refractivity contribution in [2.24, 2.45) is 0 Å². The van der Waals surface area contributed by atoms with Crippen LogP contribution in [-0.2, 0) is 10.0 Å². The number of hydrogen-bond donors (Lipinski definition) is 2. The van der Waals surface area contributed by atoms with E-state index < -0.39 is 27.5 Å². The second-order valence-corrected chi connectivity index (χ2v) is 6.90. The molecule has 0 amide bonds. The summed E-state index contributed by atoms with van der Waals surface area (Å²) in [4.78, 5) is 3.76. The molecule has 2 aromatic carbocycles. The Kier molecular flexibility index (Phi) is 4.81. The van der Waals surface area contributed by atoms with Crippen LogP contribution in [0.4, 0.5) is 30.4 Å².